The van der Waals surface area contributed by atoms with Gasteiger partial charge in [0, 0.05) is 0 Å². The summed E-state index contributed by atoms with van der Waals surface area (Å²) in [6, 6.07) is 6.94. The van der Waals surface area contributed by atoms with Gasteiger partial charge in [-0.2, -0.15) is 0 Å². The van der Waals surface area contributed by atoms with Crippen molar-refractivity contribution in [3.63, 3.8) is 0 Å². The van der Waals surface area contributed by atoms with Gasteiger partial charge in [-0.1, -0.05) is 0 Å². The van der Waals surface area contributed by atoms with Crippen LogP contribution < -0.4 is 0 Å². The normalized spacial score (nSPS) is 13.0. The Hall–Kier alpha value is -0.331. The molecule has 0 radical (unpaired) electrons. The van der Waals surface area contributed by atoms with Gasteiger partial charge in [0.25, 0.3) is 0 Å². The van der Waals surface area contributed by atoms with Gasteiger partial charge in [0.05, 0.1) is 0 Å². The molecule has 0 aliphatic rings. The van der Waals surface area contributed by atoms with E-state index < -0.39 is 28.5 Å². The number of unbranched alkanes of at least 4 members (excludes halogenated alkanes) is 4. The third kappa shape index (κ3) is 10.00. The van der Waals surface area contributed by atoms with E-state index in [9.17, 15) is 8.42 Å². The van der Waals surface area contributed by atoms with Crippen LogP contribution in [0.5, 0.6) is 0 Å². The summed E-state index contributed by atoms with van der Waals surface area (Å²) in [5.41, 5.74) is 1.05. The van der Waals surface area contributed by atoms with Crippen LogP contribution in [0, 0.1) is 6.92 Å². The van der Waals surface area contributed by atoms with E-state index in [1.807, 2.05) is 19.1 Å². The van der Waals surface area contributed by atoms with Crippen molar-refractivity contribution in [2.75, 3.05) is 6.61 Å². The maximum absolute atomic E-state index is 12.7. The van der Waals surface area contributed by atoms with Gasteiger partial charge < -0.3 is 0 Å². The van der Waals surface area contributed by atoms with Crippen LogP contribution in [0.3, 0.4) is 0 Å². The van der Waals surface area contributed by atoms with Crippen molar-refractivity contribution in [1.82, 2.24) is 0 Å². The van der Waals surface area contributed by atoms with E-state index in [1.165, 1.54) is 51.8 Å². The van der Waals surface area contributed by atoms with Crippen molar-refractivity contribution in [2.45, 2.75) is 111 Å². The standard InChI is InChI=1S/C14H19O3S.3C4H9.Sn/c1-3-4-5-6-7-12-17-18(15,16)14-10-8-13(2)9-11-14;3*1-3-4-2;/h5,8-11H,3-4,7,12H2,1-2H3;3*1,3-4H2,2H3;. The Kier molecular flexibility index (Phi) is 14.3. The molecule has 1 aromatic rings. The minimum absolute atomic E-state index is 0.259. The molecule has 1 rings (SSSR count). The van der Waals surface area contributed by atoms with Crippen LogP contribution in [0.2, 0.25) is 13.3 Å². The topological polar surface area (TPSA) is 43.4 Å². The van der Waals surface area contributed by atoms with Gasteiger partial charge in [-0.15, -0.1) is 0 Å². The second-order valence-electron chi connectivity index (χ2n) is 8.95. The van der Waals surface area contributed by atoms with Gasteiger partial charge in [0.1, 0.15) is 0 Å². The molecule has 0 unspecified atom stereocenters. The summed E-state index contributed by atoms with van der Waals surface area (Å²) in [5, 5.41) is 0. The fourth-order valence-electron chi connectivity index (χ4n) is 4.34. The molecule has 5 heteroatoms. The second-order valence-corrected chi connectivity index (χ2v) is 24.0. The average molecular weight is 557 g/mol. The Morgan fingerprint density at radius 3 is 1.84 bits per heavy atom. The Morgan fingerprint density at radius 2 is 1.39 bits per heavy atom. The second kappa shape index (κ2) is 15.5. The number of allylic oxidation sites excluding steroid dienone is 1. The molecule has 0 aliphatic carbocycles. The molecule has 0 fully saturated rings. The maximum atomic E-state index is 12.7. The molecule has 0 amide bonds. The van der Waals surface area contributed by atoms with Gasteiger partial charge in [-0.3, -0.25) is 0 Å². The Balaban J connectivity index is 3.06. The minimum atomic E-state index is -3.69. The molecular formula is C26H46O3SSn. The molecule has 3 nitrogen and oxygen atoms in total. The summed E-state index contributed by atoms with van der Waals surface area (Å²) in [7, 11) is -3.69. The van der Waals surface area contributed by atoms with Crippen LogP contribution in [-0.4, -0.2) is 33.4 Å². The zero-order chi connectivity index (χ0) is 23.2. The number of hydrogen-bond donors (Lipinski definition) is 0. The summed E-state index contributed by atoms with van der Waals surface area (Å²) in [5.74, 6) is 0. The molecule has 0 heterocycles. The summed E-state index contributed by atoms with van der Waals surface area (Å²) >= 11 is -2.55. The SMILES string of the molecule is CCC/C=[C](/CCOS(=O)(=O)c1ccc(C)cc1)[Sn]([CH2]CCC)([CH2]CCC)[CH2]CCC. The van der Waals surface area contributed by atoms with E-state index in [4.69, 9.17) is 4.18 Å². The van der Waals surface area contributed by atoms with Crippen LogP contribution in [0.15, 0.2) is 38.8 Å². The molecular weight excluding hydrogens is 511 g/mol. The van der Waals surface area contributed by atoms with Crippen molar-refractivity contribution >= 4 is 28.5 Å². The van der Waals surface area contributed by atoms with E-state index in [0.717, 1.165) is 24.8 Å². The van der Waals surface area contributed by atoms with E-state index in [0.29, 0.717) is 0 Å². The molecule has 1 aromatic carbocycles. The van der Waals surface area contributed by atoms with Crippen molar-refractivity contribution in [3.8, 4) is 0 Å². The number of rotatable bonds is 17. The molecule has 0 saturated carbocycles. The van der Waals surface area contributed by atoms with E-state index in [-0.39, 0.29) is 11.5 Å². The Labute approximate surface area is 197 Å². The molecule has 0 aliphatic heterocycles. The molecule has 0 saturated heterocycles. The molecule has 178 valence electrons. The summed E-state index contributed by atoms with van der Waals surface area (Å²) in [6.45, 7) is 11.3. The third-order valence-electron chi connectivity index (χ3n) is 6.31. The summed E-state index contributed by atoms with van der Waals surface area (Å²) < 4.78 is 36.8. The number of benzene rings is 1. The van der Waals surface area contributed by atoms with Crippen molar-refractivity contribution in [2.24, 2.45) is 0 Å². The van der Waals surface area contributed by atoms with Gasteiger partial charge in [0.2, 0.25) is 0 Å². The fraction of sp³-hybridized carbons (Fsp3) is 0.692. The number of hydrogen-bond acceptors (Lipinski definition) is 3. The quantitative estimate of drug-likeness (QED) is 0.143. The van der Waals surface area contributed by atoms with Crippen molar-refractivity contribution < 1.29 is 12.6 Å². The third-order valence-corrected chi connectivity index (χ3v) is 24.0. The molecule has 0 aromatic heterocycles. The van der Waals surface area contributed by atoms with Gasteiger partial charge in [-0.05, 0) is 0 Å². The van der Waals surface area contributed by atoms with Gasteiger partial charge >= 0.3 is 198 Å². The molecule has 31 heavy (non-hydrogen) atoms. The average Bonchev–Trinajstić information content (AvgIpc) is 2.76. The van der Waals surface area contributed by atoms with Crippen LogP contribution in [-0.2, 0) is 14.3 Å². The predicted molar refractivity (Wildman–Crippen MR) is 137 cm³/mol. The first-order valence-corrected chi connectivity index (χ1v) is 21.4. The van der Waals surface area contributed by atoms with Crippen LogP contribution in [0.25, 0.3) is 0 Å². The van der Waals surface area contributed by atoms with E-state index >= 15 is 0 Å². The molecule has 0 atom stereocenters. The summed E-state index contributed by atoms with van der Waals surface area (Å²) in [6.07, 6.45) is 13.2. The molecule has 0 N–H and O–H groups in total. The van der Waals surface area contributed by atoms with Crippen LogP contribution in [0.1, 0.15) is 91.0 Å². The van der Waals surface area contributed by atoms with Gasteiger partial charge in [-0.25, -0.2) is 0 Å². The number of aryl methyl sites for hydroxylation is 1. The van der Waals surface area contributed by atoms with E-state index in [1.54, 1.807) is 15.7 Å². The predicted octanol–water partition coefficient (Wildman–Crippen LogP) is 8.21. The zero-order valence-electron chi connectivity index (χ0n) is 20.7. The van der Waals surface area contributed by atoms with Crippen molar-refractivity contribution in [1.29, 1.82) is 0 Å². The van der Waals surface area contributed by atoms with E-state index in [2.05, 4.69) is 33.8 Å². The summed E-state index contributed by atoms with van der Waals surface area (Å²) in [4.78, 5) is 0.259. The first-order valence-electron chi connectivity index (χ1n) is 12.5. The van der Waals surface area contributed by atoms with Gasteiger partial charge in [0.15, 0.2) is 0 Å². The monoisotopic (exact) mass is 558 g/mol. The first kappa shape index (κ1) is 28.7. The molecule has 0 spiro atoms. The zero-order valence-corrected chi connectivity index (χ0v) is 24.4. The first-order chi connectivity index (χ1) is 14.8. The molecule has 0 bridgehead atoms. The Bertz CT molecular complexity index is 717. The Morgan fingerprint density at radius 1 is 0.871 bits per heavy atom. The van der Waals surface area contributed by atoms with Crippen LogP contribution >= 0.6 is 0 Å². The van der Waals surface area contributed by atoms with Crippen molar-refractivity contribution in [3.05, 3.63) is 39.5 Å². The fourth-order valence-corrected chi connectivity index (χ4v) is 22.4. The van der Waals surface area contributed by atoms with Crippen LogP contribution in [0.4, 0.5) is 0 Å².